The SMILES string of the molecule is O=C(O)C(=O)Nc1nn(Cc2ccccc2)cc1C(=O)O. The van der Waals surface area contributed by atoms with E-state index in [2.05, 4.69) is 5.10 Å². The number of carbonyl (C=O) groups is 3. The maximum absolute atomic E-state index is 11.1. The van der Waals surface area contributed by atoms with Crippen molar-refractivity contribution >= 4 is 23.7 Å². The third-order valence-electron chi connectivity index (χ3n) is 2.61. The van der Waals surface area contributed by atoms with E-state index in [1.807, 2.05) is 35.6 Å². The number of amides is 1. The van der Waals surface area contributed by atoms with Crippen molar-refractivity contribution in [3.8, 4) is 0 Å². The highest BCUT2D eigenvalue weighted by atomic mass is 16.4. The van der Waals surface area contributed by atoms with Crippen molar-refractivity contribution in [3.05, 3.63) is 47.7 Å². The molecule has 0 bridgehead atoms. The molecule has 1 heterocycles. The monoisotopic (exact) mass is 289 g/mol. The zero-order valence-corrected chi connectivity index (χ0v) is 10.7. The number of anilines is 1. The second kappa shape index (κ2) is 5.87. The van der Waals surface area contributed by atoms with Gasteiger partial charge in [0.2, 0.25) is 0 Å². The van der Waals surface area contributed by atoms with Crippen molar-refractivity contribution in [1.82, 2.24) is 9.78 Å². The maximum atomic E-state index is 11.1. The molecule has 8 heteroatoms. The number of nitrogens with one attached hydrogen (secondary N) is 1. The summed E-state index contributed by atoms with van der Waals surface area (Å²) < 4.78 is 1.32. The molecule has 0 unspecified atom stereocenters. The first kappa shape index (κ1) is 14.3. The molecule has 0 saturated heterocycles. The summed E-state index contributed by atoms with van der Waals surface area (Å²) in [6.45, 7) is 0.296. The first-order valence-electron chi connectivity index (χ1n) is 5.86. The van der Waals surface area contributed by atoms with Gasteiger partial charge in [0, 0.05) is 6.20 Å². The summed E-state index contributed by atoms with van der Waals surface area (Å²) in [4.78, 5) is 32.7. The van der Waals surface area contributed by atoms with E-state index in [-0.39, 0.29) is 11.4 Å². The Balaban J connectivity index is 2.26. The Bertz CT molecular complexity index is 693. The number of hydrogen-bond acceptors (Lipinski definition) is 4. The maximum Gasteiger partial charge on any atom is 0.394 e. The van der Waals surface area contributed by atoms with Crippen molar-refractivity contribution < 1.29 is 24.6 Å². The van der Waals surface area contributed by atoms with Crippen LogP contribution in [0, 0.1) is 0 Å². The third kappa shape index (κ3) is 3.44. The van der Waals surface area contributed by atoms with Gasteiger partial charge in [-0.3, -0.25) is 14.8 Å². The predicted molar refractivity (Wildman–Crippen MR) is 71.0 cm³/mol. The summed E-state index contributed by atoms with van der Waals surface area (Å²) >= 11 is 0. The first-order valence-corrected chi connectivity index (χ1v) is 5.86. The largest absolute Gasteiger partial charge is 0.477 e. The molecule has 1 amide bonds. The highest BCUT2D eigenvalue weighted by Gasteiger charge is 2.20. The lowest BCUT2D eigenvalue weighted by atomic mass is 10.2. The molecule has 108 valence electrons. The Kier molecular flexibility index (Phi) is 3.98. The van der Waals surface area contributed by atoms with Crippen LogP contribution in [0.2, 0.25) is 0 Å². The van der Waals surface area contributed by atoms with Crippen LogP contribution in [-0.2, 0) is 16.1 Å². The van der Waals surface area contributed by atoms with Crippen LogP contribution in [0.15, 0.2) is 36.5 Å². The molecule has 0 saturated carbocycles. The lowest BCUT2D eigenvalue weighted by Crippen LogP contribution is -2.23. The van der Waals surface area contributed by atoms with E-state index in [0.717, 1.165) is 5.56 Å². The number of rotatable bonds is 4. The Morgan fingerprint density at radius 3 is 2.38 bits per heavy atom. The lowest BCUT2D eigenvalue weighted by molar-refractivity contribution is -0.147. The molecule has 2 aromatic rings. The highest BCUT2D eigenvalue weighted by Crippen LogP contribution is 2.14. The molecule has 0 aliphatic carbocycles. The number of carboxylic acids is 2. The van der Waals surface area contributed by atoms with Crippen LogP contribution in [0.4, 0.5) is 5.82 Å². The molecule has 0 aliphatic heterocycles. The quantitative estimate of drug-likeness (QED) is 0.710. The van der Waals surface area contributed by atoms with Gasteiger partial charge >= 0.3 is 17.8 Å². The molecule has 1 aromatic heterocycles. The summed E-state index contributed by atoms with van der Waals surface area (Å²) in [5, 5.41) is 23.4. The molecule has 21 heavy (non-hydrogen) atoms. The van der Waals surface area contributed by atoms with Gasteiger partial charge in [0.05, 0.1) is 6.54 Å². The third-order valence-corrected chi connectivity index (χ3v) is 2.61. The molecule has 0 radical (unpaired) electrons. The Hall–Kier alpha value is -3.16. The van der Waals surface area contributed by atoms with E-state index in [1.165, 1.54) is 10.9 Å². The van der Waals surface area contributed by atoms with E-state index < -0.39 is 17.8 Å². The van der Waals surface area contributed by atoms with Gasteiger partial charge < -0.3 is 10.2 Å². The number of aliphatic carboxylic acids is 1. The minimum Gasteiger partial charge on any atom is -0.477 e. The van der Waals surface area contributed by atoms with Gasteiger partial charge in [-0.25, -0.2) is 9.59 Å². The van der Waals surface area contributed by atoms with Crippen LogP contribution >= 0.6 is 0 Å². The minimum absolute atomic E-state index is 0.277. The smallest absolute Gasteiger partial charge is 0.394 e. The fraction of sp³-hybridized carbons (Fsp3) is 0.0769. The van der Waals surface area contributed by atoms with Crippen molar-refractivity contribution in [2.24, 2.45) is 0 Å². The van der Waals surface area contributed by atoms with E-state index in [0.29, 0.717) is 6.54 Å². The molecule has 0 aliphatic rings. The molecule has 0 fully saturated rings. The van der Waals surface area contributed by atoms with Crippen LogP contribution in [0.1, 0.15) is 15.9 Å². The van der Waals surface area contributed by atoms with Crippen LogP contribution in [0.3, 0.4) is 0 Å². The van der Waals surface area contributed by atoms with E-state index in [9.17, 15) is 14.4 Å². The average molecular weight is 289 g/mol. The molecule has 8 nitrogen and oxygen atoms in total. The number of carboxylic acid groups (broad SMARTS) is 2. The van der Waals surface area contributed by atoms with E-state index in [1.54, 1.807) is 0 Å². The predicted octanol–water partition coefficient (Wildman–Crippen LogP) is 0.653. The molecular formula is C13H11N3O5. The van der Waals surface area contributed by atoms with E-state index in [4.69, 9.17) is 10.2 Å². The van der Waals surface area contributed by atoms with Gasteiger partial charge in [-0.05, 0) is 5.56 Å². The van der Waals surface area contributed by atoms with Crippen molar-refractivity contribution in [2.45, 2.75) is 6.54 Å². The molecular weight excluding hydrogens is 278 g/mol. The summed E-state index contributed by atoms with van der Waals surface area (Å²) in [5.74, 6) is -4.67. The van der Waals surface area contributed by atoms with Crippen LogP contribution < -0.4 is 5.32 Å². The number of carbonyl (C=O) groups excluding carboxylic acids is 1. The Labute approximate surface area is 118 Å². The average Bonchev–Trinajstić information content (AvgIpc) is 2.82. The molecule has 3 N–H and O–H groups in total. The lowest BCUT2D eigenvalue weighted by Gasteiger charge is -2.01. The van der Waals surface area contributed by atoms with Gasteiger partial charge in [-0.15, -0.1) is 0 Å². The normalized spacial score (nSPS) is 10.1. The Morgan fingerprint density at radius 1 is 1.14 bits per heavy atom. The summed E-state index contributed by atoms with van der Waals surface area (Å²) in [6, 6.07) is 9.15. The molecule has 1 aromatic carbocycles. The first-order chi connectivity index (χ1) is 9.97. The summed E-state index contributed by atoms with van der Waals surface area (Å²) in [5.41, 5.74) is 0.605. The van der Waals surface area contributed by atoms with Gasteiger partial charge in [0.15, 0.2) is 5.82 Å². The van der Waals surface area contributed by atoms with Crippen LogP contribution in [-0.4, -0.2) is 37.8 Å². The van der Waals surface area contributed by atoms with E-state index >= 15 is 0 Å². The zero-order valence-electron chi connectivity index (χ0n) is 10.7. The minimum atomic E-state index is -1.72. The number of hydrogen-bond donors (Lipinski definition) is 3. The fourth-order valence-electron chi connectivity index (χ4n) is 1.68. The van der Waals surface area contributed by atoms with Crippen molar-refractivity contribution in [3.63, 3.8) is 0 Å². The number of benzene rings is 1. The number of aromatic carboxylic acids is 1. The molecule has 0 atom stereocenters. The second-order valence-electron chi connectivity index (χ2n) is 4.14. The summed E-state index contributed by atoms with van der Waals surface area (Å²) in [6.07, 6.45) is 1.23. The fourth-order valence-corrected chi connectivity index (χ4v) is 1.68. The highest BCUT2D eigenvalue weighted by molar-refractivity contribution is 6.36. The van der Waals surface area contributed by atoms with Gasteiger partial charge in [0.25, 0.3) is 0 Å². The van der Waals surface area contributed by atoms with Crippen molar-refractivity contribution in [2.75, 3.05) is 5.32 Å². The standard InChI is InChI=1S/C13H11N3O5/c17-11(13(20)21)14-10-9(12(18)19)7-16(15-10)6-8-4-2-1-3-5-8/h1-5,7H,6H2,(H,18,19)(H,20,21)(H,14,15,17). The van der Waals surface area contributed by atoms with Crippen molar-refractivity contribution in [1.29, 1.82) is 0 Å². The number of aromatic nitrogens is 2. The topological polar surface area (TPSA) is 122 Å². The number of nitrogens with zero attached hydrogens (tertiary/aromatic N) is 2. The second-order valence-corrected chi connectivity index (χ2v) is 4.14. The molecule has 0 spiro atoms. The zero-order chi connectivity index (χ0) is 15.4. The summed E-state index contributed by atoms with van der Waals surface area (Å²) in [7, 11) is 0. The molecule has 2 rings (SSSR count). The van der Waals surface area contributed by atoms with Gasteiger partial charge in [-0.1, -0.05) is 30.3 Å². The van der Waals surface area contributed by atoms with Gasteiger partial charge in [-0.2, -0.15) is 5.10 Å². The Morgan fingerprint density at radius 2 is 1.81 bits per heavy atom. The van der Waals surface area contributed by atoms with Crippen LogP contribution in [0.25, 0.3) is 0 Å². The van der Waals surface area contributed by atoms with Gasteiger partial charge in [0.1, 0.15) is 5.56 Å². The van der Waals surface area contributed by atoms with Crippen LogP contribution in [0.5, 0.6) is 0 Å².